The maximum absolute atomic E-state index is 11.9. The monoisotopic (exact) mass is 261 g/mol. The zero-order chi connectivity index (χ0) is 13.2. The van der Waals surface area contributed by atoms with Gasteiger partial charge in [-0.15, -0.1) is 11.3 Å². The van der Waals surface area contributed by atoms with E-state index >= 15 is 0 Å². The summed E-state index contributed by atoms with van der Waals surface area (Å²) in [6, 6.07) is 5.23. The van der Waals surface area contributed by atoms with Crippen molar-refractivity contribution in [3.05, 3.63) is 41.2 Å². The van der Waals surface area contributed by atoms with Gasteiger partial charge in [-0.25, -0.2) is 4.98 Å². The zero-order valence-corrected chi connectivity index (χ0v) is 11.4. The largest absolute Gasteiger partial charge is 0.296 e. The van der Waals surface area contributed by atoms with Crippen LogP contribution in [-0.4, -0.2) is 15.9 Å². The van der Waals surface area contributed by atoms with Crippen LogP contribution in [0.3, 0.4) is 0 Å². The first kappa shape index (κ1) is 12.7. The molecule has 0 unspecified atom stereocenters. The van der Waals surface area contributed by atoms with Gasteiger partial charge in [0.05, 0.1) is 5.69 Å². The van der Waals surface area contributed by atoms with Gasteiger partial charge in [0.25, 0.3) is 5.91 Å². The summed E-state index contributed by atoms with van der Waals surface area (Å²) >= 11 is 1.43. The number of thiazole rings is 1. The fraction of sp³-hybridized carbons (Fsp3) is 0.308. The fourth-order valence-electron chi connectivity index (χ4n) is 1.33. The number of nitrogens with one attached hydrogen (secondary N) is 1. The molecular formula is C13H15N3OS. The average molecular weight is 261 g/mol. The van der Waals surface area contributed by atoms with Crippen LogP contribution in [0.5, 0.6) is 0 Å². The topological polar surface area (TPSA) is 54.9 Å². The van der Waals surface area contributed by atoms with E-state index in [0.29, 0.717) is 10.8 Å². The minimum atomic E-state index is -0.231. The molecule has 0 spiro atoms. The normalized spacial score (nSPS) is 11.3. The van der Waals surface area contributed by atoms with E-state index in [1.54, 1.807) is 24.4 Å². The Hall–Kier alpha value is -1.75. The third-order valence-electron chi connectivity index (χ3n) is 2.39. The zero-order valence-electron chi connectivity index (χ0n) is 10.6. The van der Waals surface area contributed by atoms with Crippen molar-refractivity contribution in [2.45, 2.75) is 26.2 Å². The molecule has 2 heterocycles. The van der Waals surface area contributed by atoms with Crippen LogP contribution in [-0.2, 0) is 5.41 Å². The van der Waals surface area contributed by atoms with E-state index in [-0.39, 0.29) is 11.3 Å². The molecular weight excluding hydrogens is 246 g/mol. The Balaban J connectivity index is 2.11. The highest BCUT2D eigenvalue weighted by Crippen LogP contribution is 2.26. The molecule has 0 aliphatic heterocycles. The van der Waals surface area contributed by atoms with Gasteiger partial charge < -0.3 is 0 Å². The maximum Gasteiger partial charge on any atom is 0.276 e. The molecule has 0 aliphatic carbocycles. The molecule has 2 aromatic heterocycles. The van der Waals surface area contributed by atoms with Crippen LogP contribution in [0.25, 0.3) is 0 Å². The molecule has 0 saturated heterocycles. The predicted molar refractivity (Wildman–Crippen MR) is 73.0 cm³/mol. The molecule has 0 aromatic carbocycles. The summed E-state index contributed by atoms with van der Waals surface area (Å²) < 4.78 is 0. The summed E-state index contributed by atoms with van der Waals surface area (Å²) in [7, 11) is 0. The number of anilines is 1. The van der Waals surface area contributed by atoms with Crippen molar-refractivity contribution in [2.75, 3.05) is 5.32 Å². The number of carbonyl (C=O) groups excluding carboxylic acids is 1. The van der Waals surface area contributed by atoms with E-state index in [0.717, 1.165) is 5.69 Å². The summed E-state index contributed by atoms with van der Waals surface area (Å²) in [6.45, 7) is 6.27. The van der Waals surface area contributed by atoms with Gasteiger partial charge in [0.2, 0.25) is 0 Å². The summed E-state index contributed by atoms with van der Waals surface area (Å²) in [6.07, 6.45) is 1.59. The van der Waals surface area contributed by atoms with Crippen molar-refractivity contribution in [3.63, 3.8) is 0 Å². The van der Waals surface area contributed by atoms with Crippen LogP contribution >= 0.6 is 11.3 Å². The molecule has 18 heavy (non-hydrogen) atoms. The van der Waals surface area contributed by atoms with E-state index in [4.69, 9.17) is 0 Å². The van der Waals surface area contributed by atoms with Crippen molar-refractivity contribution in [2.24, 2.45) is 0 Å². The smallest absolute Gasteiger partial charge is 0.276 e. The first-order chi connectivity index (χ1) is 8.47. The molecule has 4 nitrogen and oxygen atoms in total. The molecule has 0 aliphatic rings. The van der Waals surface area contributed by atoms with E-state index in [1.807, 2.05) is 5.38 Å². The van der Waals surface area contributed by atoms with Gasteiger partial charge in [-0.05, 0) is 12.1 Å². The lowest BCUT2D eigenvalue weighted by molar-refractivity contribution is 0.102. The Morgan fingerprint density at radius 3 is 2.67 bits per heavy atom. The van der Waals surface area contributed by atoms with Crippen LogP contribution in [0.2, 0.25) is 0 Å². The van der Waals surface area contributed by atoms with Crippen LogP contribution in [0.4, 0.5) is 5.13 Å². The van der Waals surface area contributed by atoms with Crippen molar-refractivity contribution in [1.82, 2.24) is 9.97 Å². The summed E-state index contributed by atoms with van der Waals surface area (Å²) in [5, 5.41) is 5.33. The van der Waals surface area contributed by atoms with Crippen molar-refractivity contribution in [1.29, 1.82) is 0 Å². The summed E-state index contributed by atoms with van der Waals surface area (Å²) in [4.78, 5) is 20.3. The fourth-order valence-corrected chi connectivity index (χ4v) is 2.27. The maximum atomic E-state index is 11.9. The summed E-state index contributed by atoms with van der Waals surface area (Å²) in [5.74, 6) is -0.231. The van der Waals surface area contributed by atoms with Crippen LogP contribution < -0.4 is 5.32 Å². The molecule has 0 saturated carbocycles. The van der Waals surface area contributed by atoms with Crippen LogP contribution in [0.15, 0.2) is 29.8 Å². The second-order valence-electron chi connectivity index (χ2n) is 4.96. The number of pyridine rings is 1. The lowest BCUT2D eigenvalue weighted by atomic mass is 9.93. The van der Waals surface area contributed by atoms with Crippen molar-refractivity contribution >= 4 is 22.4 Å². The Morgan fingerprint density at radius 1 is 1.33 bits per heavy atom. The number of hydrogen-bond donors (Lipinski definition) is 1. The van der Waals surface area contributed by atoms with Crippen molar-refractivity contribution in [3.8, 4) is 0 Å². The Bertz CT molecular complexity index is 543. The Labute approximate surface area is 110 Å². The van der Waals surface area contributed by atoms with Gasteiger partial charge in [0, 0.05) is 17.0 Å². The minimum Gasteiger partial charge on any atom is -0.296 e. The first-order valence-electron chi connectivity index (χ1n) is 5.65. The SMILES string of the molecule is CC(C)(C)c1csc(NC(=O)c2ccccn2)n1. The minimum absolute atomic E-state index is 0.00945. The van der Waals surface area contributed by atoms with E-state index < -0.39 is 0 Å². The second-order valence-corrected chi connectivity index (χ2v) is 5.82. The molecule has 94 valence electrons. The van der Waals surface area contributed by atoms with E-state index in [2.05, 4.69) is 36.1 Å². The van der Waals surface area contributed by atoms with Gasteiger partial charge >= 0.3 is 0 Å². The highest BCUT2D eigenvalue weighted by atomic mass is 32.1. The second kappa shape index (κ2) is 4.86. The van der Waals surface area contributed by atoms with Gasteiger partial charge in [-0.2, -0.15) is 0 Å². The standard InChI is InChI=1S/C13H15N3OS/c1-13(2,3)10-8-18-12(15-10)16-11(17)9-6-4-5-7-14-9/h4-8H,1-3H3,(H,15,16,17). The molecule has 1 N–H and O–H groups in total. The lowest BCUT2D eigenvalue weighted by Crippen LogP contribution is -2.15. The van der Waals surface area contributed by atoms with E-state index in [9.17, 15) is 4.79 Å². The molecule has 5 heteroatoms. The van der Waals surface area contributed by atoms with Crippen LogP contribution in [0.1, 0.15) is 37.0 Å². The molecule has 0 atom stereocenters. The molecule has 0 fully saturated rings. The highest BCUT2D eigenvalue weighted by molar-refractivity contribution is 7.14. The first-order valence-corrected chi connectivity index (χ1v) is 6.53. The number of hydrogen-bond acceptors (Lipinski definition) is 4. The Morgan fingerprint density at radius 2 is 2.11 bits per heavy atom. The Kier molecular flexibility index (Phi) is 3.43. The van der Waals surface area contributed by atoms with Gasteiger partial charge in [0.1, 0.15) is 5.69 Å². The number of aromatic nitrogens is 2. The van der Waals surface area contributed by atoms with Crippen molar-refractivity contribution < 1.29 is 4.79 Å². The lowest BCUT2D eigenvalue weighted by Gasteiger charge is -2.14. The molecule has 2 aromatic rings. The third kappa shape index (κ3) is 2.92. The molecule has 1 amide bonds. The summed E-state index contributed by atoms with van der Waals surface area (Å²) in [5.41, 5.74) is 1.36. The molecule has 0 bridgehead atoms. The average Bonchev–Trinajstić information content (AvgIpc) is 2.78. The molecule has 2 rings (SSSR count). The quantitative estimate of drug-likeness (QED) is 0.903. The number of rotatable bonds is 2. The number of carbonyl (C=O) groups is 1. The van der Waals surface area contributed by atoms with Gasteiger partial charge in [0.15, 0.2) is 5.13 Å². The van der Waals surface area contributed by atoms with Crippen LogP contribution in [0, 0.1) is 0 Å². The highest BCUT2D eigenvalue weighted by Gasteiger charge is 2.18. The third-order valence-corrected chi connectivity index (χ3v) is 3.15. The number of nitrogens with zero attached hydrogens (tertiary/aromatic N) is 2. The van der Waals surface area contributed by atoms with Gasteiger partial charge in [-0.1, -0.05) is 26.8 Å². The van der Waals surface area contributed by atoms with Gasteiger partial charge in [-0.3, -0.25) is 15.1 Å². The predicted octanol–water partition coefficient (Wildman–Crippen LogP) is 3.09. The molecule has 0 radical (unpaired) electrons. The number of amides is 1. The van der Waals surface area contributed by atoms with E-state index in [1.165, 1.54) is 11.3 Å².